The first-order valence-electron chi connectivity index (χ1n) is 6.87. The topological polar surface area (TPSA) is 114 Å². The first-order chi connectivity index (χ1) is 9.99. The Morgan fingerprint density at radius 3 is 2.81 bits per heavy atom. The molecular weight excluding hydrogens is 280 g/mol. The van der Waals surface area contributed by atoms with E-state index in [4.69, 9.17) is 9.47 Å². The van der Waals surface area contributed by atoms with Gasteiger partial charge in [0.05, 0.1) is 6.61 Å². The maximum absolute atomic E-state index is 11.9. The molecule has 1 aromatic heterocycles. The zero-order valence-corrected chi connectivity index (χ0v) is 12.0. The van der Waals surface area contributed by atoms with Gasteiger partial charge in [0.15, 0.2) is 6.23 Å². The van der Waals surface area contributed by atoms with Gasteiger partial charge in [0.2, 0.25) is 0 Å². The minimum atomic E-state index is -1.11. The molecule has 0 bridgehead atoms. The number of ether oxygens (including phenoxy) is 2. The van der Waals surface area contributed by atoms with Gasteiger partial charge in [-0.25, -0.2) is 4.79 Å². The number of nitrogens with zero attached hydrogens (tertiary/aromatic N) is 1. The molecule has 0 saturated carbocycles. The predicted octanol–water partition coefficient (Wildman–Crippen LogP) is -1.11. The van der Waals surface area contributed by atoms with Gasteiger partial charge in [-0.05, 0) is 13.3 Å². The third kappa shape index (κ3) is 3.08. The van der Waals surface area contributed by atoms with Crippen molar-refractivity contribution in [1.29, 1.82) is 0 Å². The summed E-state index contributed by atoms with van der Waals surface area (Å²) in [6.45, 7) is 3.54. The molecule has 0 amide bonds. The Hall–Kier alpha value is -1.48. The summed E-state index contributed by atoms with van der Waals surface area (Å²) in [7, 11) is 0. The molecule has 4 atom stereocenters. The van der Waals surface area contributed by atoms with Gasteiger partial charge in [0.25, 0.3) is 5.56 Å². The Morgan fingerprint density at radius 2 is 2.19 bits per heavy atom. The fraction of sp³-hybridized carbons (Fsp3) is 0.692. The average Bonchev–Trinajstić information content (AvgIpc) is 2.77. The number of aliphatic hydroxyl groups excluding tert-OH is 2. The highest BCUT2D eigenvalue weighted by Crippen LogP contribution is 2.30. The lowest BCUT2D eigenvalue weighted by molar-refractivity contribution is -0.0621. The molecule has 1 aromatic rings. The van der Waals surface area contributed by atoms with E-state index in [1.807, 2.05) is 6.92 Å². The van der Waals surface area contributed by atoms with E-state index in [1.54, 1.807) is 6.92 Å². The molecule has 1 fully saturated rings. The summed E-state index contributed by atoms with van der Waals surface area (Å²) >= 11 is 0. The molecule has 3 N–H and O–H groups in total. The van der Waals surface area contributed by atoms with E-state index >= 15 is 0 Å². The molecule has 0 spiro atoms. The zero-order valence-electron chi connectivity index (χ0n) is 12.0. The van der Waals surface area contributed by atoms with E-state index in [0.29, 0.717) is 12.2 Å². The summed E-state index contributed by atoms with van der Waals surface area (Å²) in [6, 6.07) is 0. The van der Waals surface area contributed by atoms with Crippen LogP contribution in [0, 0.1) is 6.92 Å². The smallest absolute Gasteiger partial charge is 0.330 e. The van der Waals surface area contributed by atoms with Gasteiger partial charge >= 0.3 is 5.69 Å². The highest BCUT2D eigenvalue weighted by Gasteiger charge is 2.45. The number of aromatic amines is 1. The molecule has 8 nitrogen and oxygen atoms in total. The Bertz CT molecular complexity index is 595. The third-order valence-electron chi connectivity index (χ3n) is 3.42. The first-order valence-corrected chi connectivity index (χ1v) is 6.87. The fourth-order valence-corrected chi connectivity index (χ4v) is 2.33. The number of aliphatic hydroxyl groups is 2. The van der Waals surface area contributed by atoms with Crippen LogP contribution in [0.4, 0.5) is 0 Å². The minimum absolute atomic E-state index is 0.323. The zero-order chi connectivity index (χ0) is 15.6. The van der Waals surface area contributed by atoms with Gasteiger partial charge in [-0.1, -0.05) is 6.92 Å². The van der Waals surface area contributed by atoms with E-state index in [9.17, 15) is 19.8 Å². The number of H-pyrrole nitrogens is 1. The molecule has 21 heavy (non-hydrogen) atoms. The lowest BCUT2D eigenvalue weighted by atomic mass is 10.1. The molecule has 8 heteroatoms. The summed E-state index contributed by atoms with van der Waals surface area (Å²) < 4.78 is 12.1. The maximum atomic E-state index is 11.9. The molecular formula is C13H20N2O6. The van der Waals surface area contributed by atoms with Gasteiger partial charge in [0, 0.05) is 18.4 Å². The fourth-order valence-electron chi connectivity index (χ4n) is 2.33. The van der Waals surface area contributed by atoms with Crippen molar-refractivity contribution in [3.63, 3.8) is 0 Å². The summed E-state index contributed by atoms with van der Waals surface area (Å²) in [6.07, 6.45) is -1.49. The second-order valence-corrected chi connectivity index (χ2v) is 5.05. The van der Waals surface area contributed by atoms with Crippen LogP contribution in [0.2, 0.25) is 0 Å². The molecule has 1 saturated heterocycles. The number of aryl methyl sites for hydroxylation is 1. The van der Waals surface area contributed by atoms with Gasteiger partial charge < -0.3 is 19.7 Å². The van der Waals surface area contributed by atoms with E-state index in [-0.39, 0.29) is 6.61 Å². The van der Waals surface area contributed by atoms with Crippen LogP contribution in [-0.4, -0.2) is 51.3 Å². The van der Waals surface area contributed by atoms with Crippen molar-refractivity contribution in [2.45, 2.75) is 44.8 Å². The molecule has 1 aliphatic rings. The predicted molar refractivity (Wildman–Crippen MR) is 73.1 cm³/mol. The van der Waals surface area contributed by atoms with Gasteiger partial charge in [-0.2, -0.15) is 0 Å². The number of aromatic nitrogens is 2. The number of hydrogen-bond acceptors (Lipinski definition) is 6. The van der Waals surface area contributed by atoms with Crippen molar-refractivity contribution in [2.75, 3.05) is 13.2 Å². The molecule has 2 rings (SSSR count). The van der Waals surface area contributed by atoms with Gasteiger partial charge in [-0.3, -0.25) is 14.3 Å². The summed E-state index contributed by atoms with van der Waals surface area (Å²) in [5.74, 6) is 0. The number of rotatable bonds is 5. The third-order valence-corrected chi connectivity index (χ3v) is 3.42. The van der Waals surface area contributed by atoms with Gasteiger partial charge in [0.1, 0.15) is 18.3 Å². The maximum Gasteiger partial charge on any atom is 0.330 e. The SMILES string of the molecule is CCCO[C@H]1[C@@H](O)[C@H](n2cc(C)c(=O)[nH]c2=O)O[C@@H]1CO. The van der Waals surface area contributed by atoms with Crippen molar-refractivity contribution < 1.29 is 19.7 Å². The second kappa shape index (κ2) is 6.52. The largest absolute Gasteiger partial charge is 0.394 e. The Labute approximate surface area is 120 Å². The normalized spacial score (nSPS) is 29.0. The van der Waals surface area contributed by atoms with Crippen molar-refractivity contribution in [3.8, 4) is 0 Å². The standard InChI is InChI=1S/C13H20N2O6/c1-3-4-20-10-8(6-16)21-12(9(10)17)15-5-7(2)11(18)14-13(15)19/h5,8-10,12,16-17H,3-4,6H2,1-2H3,(H,14,18,19)/t8-,9-,10-,12-/m1/s1. The van der Waals surface area contributed by atoms with Crippen LogP contribution in [0.3, 0.4) is 0 Å². The van der Waals surface area contributed by atoms with Crippen LogP contribution in [-0.2, 0) is 9.47 Å². The highest BCUT2D eigenvalue weighted by atomic mass is 16.6. The molecule has 2 heterocycles. The lowest BCUT2D eigenvalue weighted by Gasteiger charge is -2.20. The van der Waals surface area contributed by atoms with Crippen LogP contribution in [0.25, 0.3) is 0 Å². The first kappa shape index (κ1) is 15.9. The van der Waals surface area contributed by atoms with Crippen LogP contribution in [0.5, 0.6) is 0 Å². The quantitative estimate of drug-likeness (QED) is 0.635. The van der Waals surface area contributed by atoms with E-state index in [1.165, 1.54) is 6.20 Å². The Balaban J connectivity index is 2.31. The Morgan fingerprint density at radius 1 is 1.48 bits per heavy atom. The molecule has 1 aliphatic heterocycles. The van der Waals surface area contributed by atoms with E-state index in [0.717, 1.165) is 11.0 Å². The Kier molecular flexibility index (Phi) is 4.94. The van der Waals surface area contributed by atoms with Gasteiger partial charge in [-0.15, -0.1) is 0 Å². The average molecular weight is 300 g/mol. The highest BCUT2D eigenvalue weighted by molar-refractivity contribution is 5.03. The molecule has 0 radical (unpaired) electrons. The van der Waals surface area contributed by atoms with Crippen molar-refractivity contribution in [1.82, 2.24) is 9.55 Å². The van der Waals surface area contributed by atoms with Crippen molar-refractivity contribution in [3.05, 3.63) is 32.6 Å². The van der Waals surface area contributed by atoms with E-state index in [2.05, 4.69) is 4.98 Å². The van der Waals surface area contributed by atoms with Crippen LogP contribution in [0.1, 0.15) is 25.1 Å². The monoisotopic (exact) mass is 300 g/mol. The van der Waals surface area contributed by atoms with Crippen molar-refractivity contribution in [2.24, 2.45) is 0 Å². The molecule has 118 valence electrons. The van der Waals surface area contributed by atoms with Crippen molar-refractivity contribution >= 4 is 0 Å². The summed E-state index contributed by atoms with van der Waals surface area (Å²) in [4.78, 5) is 25.4. The summed E-state index contributed by atoms with van der Waals surface area (Å²) in [5, 5.41) is 19.6. The minimum Gasteiger partial charge on any atom is -0.394 e. The van der Waals surface area contributed by atoms with Crippen LogP contribution in [0.15, 0.2) is 15.8 Å². The van der Waals surface area contributed by atoms with E-state index < -0.39 is 35.8 Å². The van der Waals surface area contributed by atoms with Crippen LogP contribution < -0.4 is 11.2 Å². The lowest BCUT2D eigenvalue weighted by Crippen LogP contribution is -2.39. The second-order valence-electron chi connectivity index (χ2n) is 5.05. The molecule has 0 aromatic carbocycles. The van der Waals surface area contributed by atoms with Crippen LogP contribution >= 0.6 is 0 Å². The molecule has 0 aliphatic carbocycles. The number of nitrogens with one attached hydrogen (secondary N) is 1. The number of hydrogen-bond donors (Lipinski definition) is 3. The summed E-state index contributed by atoms with van der Waals surface area (Å²) in [5.41, 5.74) is -0.840. The molecule has 0 unspecified atom stereocenters.